The molecule has 116 valence electrons. The van der Waals surface area contributed by atoms with Gasteiger partial charge in [0.2, 0.25) is 0 Å². The minimum atomic E-state index is 0.295. The van der Waals surface area contributed by atoms with E-state index in [9.17, 15) is 0 Å². The summed E-state index contributed by atoms with van der Waals surface area (Å²) >= 11 is 4.18. The van der Waals surface area contributed by atoms with Gasteiger partial charge in [0.15, 0.2) is 0 Å². The molecule has 2 heteroatoms. The van der Waals surface area contributed by atoms with E-state index in [2.05, 4.69) is 84.2 Å². The van der Waals surface area contributed by atoms with Gasteiger partial charge in [0, 0.05) is 9.79 Å². The predicted octanol–water partition coefficient (Wildman–Crippen LogP) is 7.01. The van der Waals surface area contributed by atoms with Crippen molar-refractivity contribution in [2.45, 2.75) is 58.8 Å². The van der Waals surface area contributed by atoms with Crippen molar-refractivity contribution in [2.24, 2.45) is 0 Å². The molecular weight excluding hydrogens is 304 g/mol. The maximum atomic E-state index is 2.26. The van der Waals surface area contributed by atoms with Crippen LogP contribution in [0.1, 0.15) is 44.9 Å². The summed E-state index contributed by atoms with van der Waals surface area (Å²) < 4.78 is 0.295. The summed E-state index contributed by atoms with van der Waals surface area (Å²) in [6, 6.07) is 21.9. The summed E-state index contributed by atoms with van der Waals surface area (Å²) in [5.41, 5.74) is 0. The van der Waals surface area contributed by atoms with Crippen molar-refractivity contribution >= 4 is 23.5 Å². The third-order valence-corrected chi connectivity index (χ3v) is 7.29. The van der Waals surface area contributed by atoms with Gasteiger partial charge in [0.25, 0.3) is 0 Å². The van der Waals surface area contributed by atoms with E-state index < -0.39 is 0 Å². The highest BCUT2D eigenvalue weighted by molar-refractivity contribution is 8.18. The Bertz CT molecular complexity index is 499. The maximum Gasteiger partial charge on any atom is 0.0705 e. The molecule has 0 bridgehead atoms. The zero-order valence-electron chi connectivity index (χ0n) is 13.0. The highest BCUT2D eigenvalue weighted by atomic mass is 32.2. The lowest BCUT2D eigenvalue weighted by Crippen LogP contribution is -2.21. The molecule has 0 unspecified atom stereocenters. The Labute approximate surface area is 143 Å². The molecule has 22 heavy (non-hydrogen) atoms. The van der Waals surface area contributed by atoms with Crippen LogP contribution in [-0.2, 0) is 0 Å². The zero-order chi connectivity index (χ0) is 15.1. The first-order chi connectivity index (χ1) is 10.9. The molecule has 0 saturated heterocycles. The van der Waals surface area contributed by atoms with Crippen molar-refractivity contribution in [3.8, 4) is 0 Å². The molecule has 2 aromatic rings. The van der Waals surface area contributed by atoms with Gasteiger partial charge in [0.1, 0.15) is 0 Å². The lowest BCUT2D eigenvalue weighted by molar-refractivity contribution is 0.494. The van der Waals surface area contributed by atoms with Gasteiger partial charge in [-0.25, -0.2) is 0 Å². The van der Waals surface area contributed by atoms with Crippen molar-refractivity contribution in [2.75, 3.05) is 0 Å². The average Bonchev–Trinajstić information content (AvgIpc) is 2.53. The van der Waals surface area contributed by atoms with E-state index in [-0.39, 0.29) is 0 Å². The van der Waals surface area contributed by atoms with E-state index in [1.54, 1.807) is 0 Å². The molecular formula is C20H24S2. The molecule has 0 N–H and O–H groups in total. The molecule has 0 aromatic heterocycles. The van der Waals surface area contributed by atoms with Crippen LogP contribution in [0.15, 0.2) is 70.5 Å². The fourth-order valence-corrected chi connectivity index (χ4v) is 6.25. The largest absolute Gasteiger partial charge is 0.108 e. The lowest BCUT2D eigenvalue weighted by Gasteiger charge is -2.34. The second-order valence-corrected chi connectivity index (χ2v) is 9.18. The number of hydrogen-bond donors (Lipinski definition) is 0. The highest BCUT2D eigenvalue weighted by Crippen LogP contribution is 2.52. The first kappa shape index (κ1) is 16.0. The molecule has 1 fully saturated rings. The highest BCUT2D eigenvalue weighted by Gasteiger charge is 2.32. The van der Waals surface area contributed by atoms with Crippen LogP contribution >= 0.6 is 23.5 Å². The van der Waals surface area contributed by atoms with Crippen LogP contribution in [0.2, 0.25) is 0 Å². The average molecular weight is 329 g/mol. The van der Waals surface area contributed by atoms with E-state index in [0.717, 1.165) is 0 Å². The molecule has 2 aromatic carbocycles. The number of rotatable bonds is 4. The van der Waals surface area contributed by atoms with Crippen molar-refractivity contribution in [3.05, 3.63) is 60.7 Å². The lowest BCUT2D eigenvalue weighted by atomic mass is 10.00. The Morgan fingerprint density at radius 2 is 0.955 bits per heavy atom. The molecule has 0 heterocycles. The van der Waals surface area contributed by atoms with Gasteiger partial charge in [-0.3, -0.25) is 0 Å². The normalized spacial score (nSPS) is 18.4. The molecule has 1 saturated carbocycles. The second kappa shape index (κ2) is 8.12. The van der Waals surface area contributed by atoms with Crippen LogP contribution < -0.4 is 0 Å². The van der Waals surface area contributed by atoms with Crippen molar-refractivity contribution in [1.82, 2.24) is 0 Å². The van der Waals surface area contributed by atoms with Gasteiger partial charge in [-0.05, 0) is 37.1 Å². The standard InChI is InChI=1S/C20H24S2/c1-2-10-16-20(17-11-3-1,21-18-12-6-4-7-13-18)22-19-14-8-5-9-15-19/h4-9,12-15H,1-3,10-11,16-17H2. The quantitative estimate of drug-likeness (QED) is 0.553. The smallest absolute Gasteiger partial charge is 0.0705 e. The summed E-state index contributed by atoms with van der Waals surface area (Å²) in [7, 11) is 0. The number of hydrogen-bond acceptors (Lipinski definition) is 2. The van der Waals surface area contributed by atoms with E-state index in [4.69, 9.17) is 0 Å². The molecule has 0 radical (unpaired) electrons. The zero-order valence-corrected chi connectivity index (χ0v) is 14.7. The van der Waals surface area contributed by atoms with Crippen LogP contribution in [0, 0.1) is 0 Å². The van der Waals surface area contributed by atoms with E-state index in [0.29, 0.717) is 4.08 Å². The van der Waals surface area contributed by atoms with Gasteiger partial charge in [-0.15, -0.1) is 23.5 Å². The van der Waals surface area contributed by atoms with Crippen LogP contribution in [0.5, 0.6) is 0 Å². The third kappa shape index (κ3) is 4.57. The fourth-order valence-electron chi connectivity index (χ4n) is 3.08. The summed E-state index contributed by atoms with van der Waals surface area (Å²) in [4.78, 5) is 2.82. The molecule has 0 amide bonds. The van der Waals surface area contributed by atoms with Gasteiger partial charge < -0.3 is 0 Å². The van der Waals surface area contributed by atoms with Crippen molar-refractivity contribution < 1.29 is 0 Å². The van der Waals surface area contributed by atoms with Crippen molar-refractivity contribution in [1.29, 1.82) is 0 Å². The Kier molecular flexibility index (Phi) is 5.91. The van der Waals surface area contributed by atoms with Crippen LogP contribution in [0.4, 0.5) is 0 Å². The first-order valence-electron chi connectivity index (χ1n) is 8.34. The maximum absolute atomic E-state index is 2.26. The summed E-state index contributed by atoms with van der Waals surface area (Å²) in [6.45, 7) is 0. The number of thioether (sulfide) groups is 2. The Hall–Kier alpha value is -0.860. The van der Waals surface area contributed by atoms with E-state index >= 15 is 0 Å². The summed E-state index contributed by atoms with van der Waals surface area (Å²) in [5.74, 6) is 0. The van der Waals surface area contributed by atoms with Crippen molar-refractivity contribution in [3.63, 3.8) is 0 Å². The second-order valence-electron chi connectivity index (χ2n) is 6.01. The van der Waals surface area contributed by atoms with Crippen LogP contribution in [0.3, 0.4) is 0 Å². The molecule has 3 rings (SSSR count). The summed E-state index contributed by atoms with van der Waals surface area (Å²) in [6.07, 6.45) is 9.55. The summed E-state index contributed by atoms with van der Waals surface area (Å²) in [5, 5.41) is 0. The monoisotopic (exact) mass is 328 g/mol. The molecule has 1 aliphatic rings. The molecule has 0 aliphatic heterocycles. The molecule has 0 spiro atoms. The fraction of sp³-hybridized carbons (Fsp3) is 0.400. The third-order valence-electron chi connectivity index (χ3n) is 4.21. The Morgan fingerprint density at radius 1 is 0.545 bits per heavy atom. The van der Waals surface area contributed by atoms with Crippen LogP contribution in [0.25, 0.3) is 0 Å². The number of benzene rings is 2. The molecule has 1 aliphatic carbocycles. The van der Waals surface area contributed by atoms with Gasteiger partial charge in [-0.1, -0.05) is 68.5 Å². The Morgan fingerprint density at radius 3 is 1.41 bits per heavy atom. The van der Waals surface area contributed by atoms with Gasteiger partial charge in [0.05, 0.1) is 4.08 Å². The van der Waals surface area contributed by atoms with E-state index in [1.807, 2.05) is 0 Å². The van der Waals surface area contributed by atoms with E-state index in [1.165, 1.54) is 54.7 Å². The minimum absolute atomic E-state index is 0.295. The molecule has 0 atom stereocenters. The SMILES string of the molecule is c1ccc(SC2(Sc3ccccc3)CCCCCCC2)cc1. The van der Waals surface area contributed by atoms with Gasteiger partial charge >= 0.3 is 0 Å². The Balaban J connectivity index is 1.83. The molecule has 0 nitrogen and oxygen atoms in total. The topological polar surface area (TPSA) is 0 Å². The predicted molar refractivity (Wildman–Crippen MR) is 99.6 cm³/mol. The van der Waals surface area contributed by atoms with Gasteiger partial charge in [-0.2, -0.15) is 0 Å². The minimum Gasteiger partial charge on any atom is -0.108 e. The first-order valence-corrected chi connectivity index (χ1v) is 9.98. The van der Waals surface area contributed by atoms with Crippen LogP contribution in [-0.4, -0.2) is 4.08 Å².